The van der Waals surface area contributed by atoms with Crippen LogP contribution in [0.4, 0.5) is 5.69 Å². The van der Waals surface area contributed by atoms with E-state index in [0.717, 1.165) is 11.1 Å². The summed E-state index contributed by atoms with van der Waals surface area (Å²) in [7, 11) is 0. The van der Waals surface area contributed by atoms with E-state index in [1.54, 1.807) is 6.07 Å². The maximum atomic E-state index is 12.1. The van der Waals surface area contributed by atoms with Gasteiger partial charge in [0, 0.05) is 5.69 Å². The molecule has 126 valence electrons. The molecule has 0 unspecified atom stereocenters. The van der Waals surface area contributed by atoms with E-state index in [4.69, 9.17) is 9.15 Å². The fourth-order valence-electron chi connectivity index (χ4n) is 2.40. The summed E-state index contributed by atoms with van der Waals surface area (Å²) in [4.78, 5) is 23.7. The van der Waals surface area contributed by atoms with Crippen molar-refractivity contribution in [2.45, 2.75) is 6.42 Å². The molecule has 0 aliphatic rings. The number of furan rings is 1. The van der Waals surface area contributed by atoms with Crippen LogP contribution >= 0.6 is 0 Å². The maximum Gasteiger partial charge on any atom is 0.374 e. The van der Waals surface area contributed by atoms with Crippen LogP contribution in [0.5, 0.6) is 0 Å². The van der Waals surface area contributed by atoms with Crippen molar-refractivity contribution in [2.24, 2.45) is 0 Å². The molecule has 0 bridgehead atoms. The summed E-state index contributed by atoms with van der Waals surface area (Å²) in [6, 6.07) is 20.6. The zero-order chi connectivity index (χ0) is 17.5. The first-order valence-electron chi connectivity index (χ1n) is 7.84. The minimum absolute atomic E-state index is 0.0669. The highest BCUT2D eigenvalue weighted by atomic mass is 16.5. The van der Waals surface area contributed by atoms with Gasteiger partial charge in [-0.1, -0.05) is 48.5 Å². The molecule has 0 aliphatic heterocycles. The Kier molecular flexibility index (Phi) is 5.26. The zero-order valence-electron chi connectivity index (χ0n) is 13.5. The molecule has 0 spiro atoms. The average molecular weight is 335 g/mol. The van der Waals surface area contributed by atoms with Crippen LogP contribution in [-0.2, 0) is 16.0 Å². The second-order valence-corrected chi connectivity index (χ2v) is 5.42. The van der Waals surface area contributed by atoms with Gasteiger partial charge in [0.1, 0.15) is 0 Å². The molecule has 25 heavy (non-hydrogen) atoms. The molecule has 1 amide bonds. The van der Waals surface area contributed by atoms with Gasteiger partial charge in [0.2, 0.25) is 5.76 Å². The van der Waals surface area contributed by atoms with Gasteiger partial charge in [0.25, 0.3) is 5.91 Å². The summed E-state index contributed by atoms with van der Waals surface area (Å²) in [5.41, 5.74) is 2.83. The van der Waals surface area contributed by atoms with Crippen LogP contribution in [0, 0.1) is 0 Å². The van der Waals surface area contributed by atoms with Crippen LogP contribution in [0.15, 0.2) is 77.4 Å². The summed E-state index contributed by atoms with van der Waals surface area (Å²) in [5.74, 6) is -1.00. The second-order valence-electron chi connectivity index (χ2n) is 5.42. The number of carbonyl (C=O) groups is 2. The van der Waals surface area contributed by atoms with E-state index in [1.807, 2.05) is 54.6 Å². The lowest BCUT2D eigenvalue weighted by molar-refractivity contribution is -0.119. The van der Waals surface area contributed by atoms with Crippen molar-refractivity contribution in [1.29, 1.82) is 0 Å². The van der Waals surface area contributed by atoms with Crippen molar-refractivity contribution in [3.63, 3.8) is 0 Å². The fourth-order valence-corrected chi connectivity index (χ4v) is 2.40. The topological polar surface area (TPSA) is 68.5 Å². The number of hydrogen-bond acceptors (Lipinski definition) is 4. The number of nitrogens with one attached hydrogen (secondary N) is 1. The summed E-state index contributed by atoms with van der Waals surface area (Å²) in [6.45, 7) is -0.376. The Morgan fingerprint density at radius 1 is 0.920 bits per heavy atom. The van der Waals surface area contributed by atoms with Crippen molar-refractivity contribution in [3.8, 4) is 0 Å². The summed E-state index contributed by atoms with van der Waals surface area (Å²) in [5, 5.41) is 2.78. The van der Waals surface area contributed by atoms with Gasteiger partial charge in [-0.2, -0.15) is 0 Å². The summed E-state index contributed by atoms with van der Waals surface area (Å²) < 4.78 is 9.86. The Balaban J connectivity index is 1.60. The Morgan fingerprint density at radius 3 is 2.44 bits per heavy atom. The molecule has 0 aliphatic carbocycles. The monoisotopic (exact) mass is 335 g/mol. The van der Waals surface area contributed by atoms with E-state index in [9.17, 15) is 9.59 Å². The van der Waals surface area contributed by atoms with E-state index in [2.05, 4.69) is 5.32 Å². The zero-order valence-corrected chi connectivity index (χ0v) is 13.5. The standard InChI is InChI=1S/C20H17NO4/c22-19(14-25-20(23)18-11-6-12-24-18)21-17-10-5-4-9-16(17)13-15-7-2-1-3-8-15/h1-12H,13-14H2,(H,21,22). The molecule has 5 nitrogen and oxygen atoms in total. The van der Waals surface area contributed by atoms with Crippen LogP contribution in [0.3, 0.4) is 0 Å². The van der Waals surface area contributed by atoms with Crippen LogP contribution in [0.2, 0.25) is 0 Å². The SMILES string of the molecule is O=C(COC(=O)c1ccco1)Nc1ccccc1Cc1ccccc1. The number of benzene rings is 2. The Labute approximate surface area is 145 Å². The molecule has 0 saturated carbocycles. The van der Waals surface area contributed by atoms with Gasteiger partial charge < -0.3 is 14.5 Å². The van der Waals surface area contributed by atoms with Crippen LogP contribution < -0.4 is 5.32 Å². The molecule has 0 atom stereocenters. The van der Waals surface area contributed by atoms with Crippen molar-refractivity contribution in [1.82, 2.24) is 0 Å². The molecule has 0 fully saturated rings. The molecule has 1 N–H and O–H groups in total. The average Bonchev–Trinajstić information content (AvgIpc) is 3.17. The highest BCUT2D eigenvalue weighted by Crippen LogP contribution is 2.19. The van der Waals surface area contributed by atoms with E-state index < -0.39 is 11.9 Å². The molecule has 5 heteroatoms. The van der Waals surface area contributed by atoms with Crippen LogP contribution in [-0.4, -0.2) is 18.5 Å². The van der Waals surface area contributed by atoms with Gasteiger partial charge in [-0.15, -0.1) is 0 Å². The van der Waals surface area contributed by atoms with Crippen molar-refractivity contribution >= 4 is 17.6 Å². The number of esters is 1. The number of anilines is 1. The molecule has 3 rings (SSSR count). The predicted octanol–water partition coefficient (Wildman–Crippen LogP) is 3.67. The molecule has 0 saturated heterocycles. The van der Waals surface area contributed by atoms with Crippen molar-refractivity contribution in [3.05, 3.63) is 89.9 Å². The highest BCUT2D eigenvalue weighted by Gasteiger charge is 2.13. The first kappa shape index (κ1) is 16.5. The minimum atomic E-state index is -0.669. The second kappa shape index (κ2) is 7.97. The third-order valence-corrected chi connectivity index (χ3v) is 3.59. The van der Waals surface area contributed by atoms with Gasteiger partial charge in [0.05, 0.1) is 6.26 Å². The quantitative estimate of drug-likeness (QED) is 0.698. The number of para-hydroxylation sites is 1. The van der Waals surface area contributed by atoms with E-state index in [-0.39, 0.29) is 12.4 Å². The van der Waals surface area contributed by atoms with Gasteiger partial charge in [-0.3, -0.25) is 4.79 Å². The number of ether oxygens (including phenoxy) is 1. The van der Waals surface area contributed by atoms with Crippen LogP contribution in [0.25, 0.3) is 0 Å². The molecule has 3 aromatic rings. The highest BCUT2D eigenvalue weighted by molar-refractivity contribution is 5.95. The lowest BCUT2D eigenvalue weighted by atomic mass is 10.0. The lowest BCUT2D eigenvalue weighted by Gasteiger charge is -2.11. The normalized spacial score (nSPS) is 10.2. The summed E-state index contributed by atoms with van der Waals surface area (Å²) in [6.07, 6.45) is 2.07. The molecular formula is C20H17NO4. The van der Waals surface area contributed by atoms with Crippen molar-refractivity contribution < 1.29 is 18.7 Å². The van der Waals surface area contributed by atoms with Gasteiger partial charge in [0.15, 0.2) is 6.61 Å². The lowest BCUT2D eigenvalue weighted by Crippen LogP contribution is -2.21. The Morgan fingerprint density at radius 2 is 1.68 bits per heavy atom. The Hall–Kier alpha value is -3.34. The number of rotatable bonds is 6. The van der Waals surface area contributed by atoms with Gasteiger partial charge in [-0.25, -0.2) is 4.79 Å². The van der Waals surface area contributed by atoms with E-state index >= 15 is 0 Å². The Bertz CT molecular complexity index is 841. The largest absolute Gasteiger partial charge is 0.457 e. The van der Waals surface area contributed by atoms with Gasteiger partial charge in [-0.05, 0) is 35.7 Å². The third kappa shape index (κ3) is 4.57. The fraction of sp³-hybridized carbons (Fsp3) is 0.100. The first-order valence-corrected chi connectivity index (χ1v) is 7.84. The third-order valence-electron chi connectivity index (χ3n) is 3.59. The number of amides is 1. The molecular weight excluding hydrogens is 318 g/mol. The van der Waals surface area contributed by atoms with Gasteiger partial charge >= 0.3 is 5.97 Å². The molecule has 0 radical (unpaired) electrons. The molecule has 1 heterocycles. The smallest absolute Gasteiger partial charge is 0.374 e. The predicted molar refractivity (Wildman–Crippen MR) is 93.3 cm³/mol. The molecule has 2 aromatic carbocycles. The number of carbonyl (C=O) groups excluding carboxylic acids is 2. The summed E-state index contributed by atoms with van der Waals surface area (Å²) >= 11 is 0. The van der Waals surface area contributed by atoms with Crippen molar-refractivity contribution in [2.75, 3.05) is 11.9 Å². The molecule has 1 aromatic heterocycles. The number of hydrogen-bond donors (Lipinski definition) is 1. The maximum absolute atomic E-state index is 12.1. The minimum Gasteiger partial charge on any atom is -0.457 e. The van der Waals surface area contributed by atoms with E-state index in [1.165, 1.54) is 12.3 Å². The van der Waals surface area contributed by atoms with Crippen LogP contribution in [0.1, 0.15) is 21.7 Å². The van der Waals surface area contributed by atoms with E-state index in [0.29, 0.717) is 12.1 Å². The first-order chi connectivity index (χ1) is 12.2.